The number of likely N-dealkylation sites (tertiary alicyclic amines) is 1. The largest absolute Gasteiger partial charge is 0.481 e. The number of ether oxygens (including phenoxy) is 1. The van der Waals surface area contributed by atoms with E-state index in [1.165, 1.54) is 0 Å². The van der Waals surface area contributed by atoms with Crippen molar-refractivity contribution >= 4 is 23.5 Å². The lowest BCUT2D eigenvalue weighted by Gasteiger charge is -2.31. The number of amides is 1. The summed E-state index contributed by atoms with van der Waals surface area (Å²) in [5, 5.41) is 23.5. The lowest BCUT2D eigenvalue weighted by atomic mass is 9.77. The first-order valence-corrected chi connectivity index (χ1v) is 13.4. The maximum atomic E-state index is 14.1. The van der Waals surface area contributed by atoms with Gasteiger partial charge in [-0.25, -0.2) is 4.68 Å². The number of hydrogen-bond donors (Lipinski definition) is 1. The van der Waals surface area contributed by atoms with Gasteiger partial charge in [-0.2, -0.15) is 0 Å². The molecule has 0 radical (unpaired) electrons. The third-order valence-corrected chi connectivity index (χ3v) is 8.40. The zero-order chi connectivity index (χ0) is 27.4. The van der Waals surface area contributed by atoms with Crippen LogP contribution in [0.5, 0.6) is 0 Å². The highest BCUT2D eigenvalue weighted by atomic mass is 35.5. The predicted octanol–water partition coefficient (Wildman–Crippen LogP) is 3.92. The topological polar surface area (TPSA) is 110 Å². The van der Waals surface area contributed by atoms with E-state index in [-0.39, 0.29) is 18.5 Å². The van der Waals surface area contributed by atoms with Crippen LogP contribution in [0.25, 0.3) is 0 Å². The van der Waals surface area contributed by atoms with Crippen LogP contribution in [0.2, 0.25) is 5.02 Å². The van der Waals surface area contributed by atoms with Gasteiger partial charge < -0.3 is 14.7 Å². The van der Waals surface area contributed by atoms with Crippen LogP contribution < -0.4 is 0 Å². The van der Waals surface area contributed by atoms with Crippen LogP contribution in [-0.2, 0) is 14.3 Å². The lowest BCUT2D eigenvalue weighted by molar-refractivity contribution is -0.148. The number of aliphatic carboxylic acids is 1. The van der Waals surface area contributed by atoms with Gasteiger partial charge >= 0.3 is 5.97 Å². The van der Waals surface area contributed by atoms with Crippen molar-refractivity contribution in [3.05, 3.63) is 125 Å². The first-order valence-electron chi connectivity index (χ1n) is 13.0. The number of rotatable bonds is 7. The minimum absolute atomic E-state index is 0.175. The molecule has 3 aliphatic heterocycles. The van der Waals surface area contributed by atoms with Gasteiger partial charge in [-0.15, -0.1) is 5.10 Å². The van der Waals surface area contributed by atoms with E-state index in [9.17, 15) is 14.7 Å². The molecule has 1 N–H and O–H groups in total. The van der Waals surface area contributed by atoms with E-state index in [1.54, 1.807) is 27.8 Å². The van der Waals surface area contributed by atoms with Crippen LogP contribution in [0.4, 0.5) is 0 Å². The number of carbonyl (C=O) groups is 2. The van der Waals surface area contributed by atoms with Gasteiger partial charge in [0.1, 0.15) is 23.6 Å². The molecule has 40 heavy (non-hydrogen) atoms. The van der Waals surface area contributed by atoms with Gasteiger partial charge in [-0.1, -0.05) is 96.5 Å². The fraction of sp³-hybridized carbons (Fsp3) is 0.233. The molecule has 200 valence electrons. The Labute approximate surface area is 234 Å². The number of aromatic nitrogens is 4. The number of hydrogen-bond acceptors (Lipinski definition) is 6. The minimum atomic E-state index is -1.04. The molecule has 2 bridgehead atoms. The number of nitrogens with zero attached hydrogens (tertiary/aromatic N) is 5. The van der Waals surface area contributed by atoms with Crippen LogP contribution in [0, 0.1) is 11.8 Å². The van der Waals surface area contributed by atoms with Gasteiger partial charge in [-0.3, -0.25) is 9.59 Å². The lowest BCUT2D eigenvalue weighted by Crippen LogP contribution is -2.40. The third kappa shape index (κ3) is 3.76. The van der Waals surface area contributed by atoms with Crippen molar-refractivity contribution in [1.82, 2.24) is 25.1 Å². The van der Waals surface area contributed by atoms with Gasteiger partial charge in [0.25, 0.3) is 0 Å². The van der Waals surface area contributed by atoms with Crippen LogP contribution in [0.1, 0.15) is 34.6 Å². The second kappa shape index (κ2) is 9.39. The zero-order valence-electron chi connectivity index (χ0n) is 21.1. The number of benzene rings is 3. The van der Waals surface area contributed by atoms with Crippen molar-refractivity contribution in [2.75, 3.05) is 6.54 Å². The molecule has 4 aromatic rings. The first-order chi connectivity index (χ1) is 19.5. The van der Waals surface area contributed by atoms with Crippen molar-refractivity contribution < 1.29 is 19.4 Å². The van der Waals surface area contributed by atoms with E-state index in [1.807, 2.05) is 78.9 Å². The Morgan fingerprint density at radius 1 is 0.950 bits per heavy atom. The molecule has 0 unspecified atom stereocenters. The van der Waals surface area contributed by atoms with Crippen molar-refractivity contribution in [2.45, 2.75) is 23.8 Å². The van der Waals surface area contributed by atoms with Crippen LogP contribution in [0.15, 0.2) is 97.1 Å². The molecular formula is C30H24ClN5O4. The van der Waals surface area contributed by atoms with E-state index in [4.69, 9.17) is 16.3 Å². The SMILES string of the molecule is O=C(O)[C@@H]1[C@H]2C=C[C@@]3(CN([C@H](c4ccc(Cl)cc4)c4nnnn4C(c4ccccc4)c4ccccc4)C(=O)[C@@H]13)O2. The summed E-state index contributed by atoms with van der Waals surface area (Å²) >= 11 is 6.23. The van der Waals surface area contributed by atoms with Crippen molar-refractivity contribution in [3.8, 4) is 0 Å². The summed E-state index contributed by atoms with van der Waals surface area (Å²) < 4.78 is 7.91. The molecule has 10 heteroatoms. The molecular weight excluding hydrogens is 530 g/mol. The Hall–Kier alpha value is -4.34. The Morgan fingerprint density at radius 2 is 1.57 bits per heavy atom. The average Bonchev–Trinajstić information content (AvgIpc) is 3.74. The van der Waals surface area contributed by atoms with E-state index in [0.717, 1.165) is 16.7 Å². The molecule has 1 amide bonds. The Kier molecular flexibility index (Phi) is 5.80. The summed E-state index contributed by atoms with van der Waals surface area (Å²) in [5.74, 6) is -2.69. The van der Waals surface area contributed by atoms with E-state index >= 15 is 0 Å². The van der Waals surface area contributed by atoms with Gasteiger partial charge in [0.05, 0.1) is 18.6 Å². The summed E-state index contributed by atoms with van der Waals surface area (Å²) in [4.78, 5) is 28.0. The number of carbonyl (C=O) groups excluding carboxylic acids is 1. The van der Waals surface area contributed by atoms with E-state index < -0.39 is 35.6 Å². The van der Waals surface area contributed by atoms with Crippen molar-refractivity contribution in [2.24, 2.45) is 11.8 Å². The monoisotopic (exact) mass is 553 g/mol. The van der Waals surface area contributed by atoms with Gasteiger partial charge in [0, 0.05) is 5.02 Å². The average molecular weight is 554 g/mol. The first kappa shape index (κ1) is 24.7. The Balaban J connectivity index is 1.38. The Bertz CT molecular complexity index is 1570. The molecule has 2 saturated heterocycles. The smallest absolute Gasteiger partial charge is 0.310 e. The van der Waals surface area contributed by atoms with Crippen LogP contribution >= 0.6 is 11.6 Å². The van der Waals surface area contributed by atoms with Gasteiger partial charge in [0.15, 0.2) is 5.82 Å². The molecule has 5 atom stereocenters. The molecule has 1 spiro atoms. The van der Waals surface area contributed by atoms with Crippen molar-refractivity contribution in [3.63, 3.8) is 0 Å². The summed E-state index contributed by atoms with van der Waals surface area (Å²) in [7, 11) is 0. The highest BCUT2D eigenvalue weighted by molar-refractivity contribution is 6.30. The summed E-state index contributed by atoms with van der Waals surface area (Å²) in [6.07, 6.45) is 2.99. The third-order valence-electron chi connectivity index (χ3n) is 8.15. The zero-order valence-corrected chi connectivity index (χ0v) is 21.9. The minimum Gasteiger partial charge on any atom is -0.481 e. The van der Waals surface area contributed by atoms with Crippen LogP contribution in [-0.4, -0.2) is 60.3 Å². The number of fused-ring (bicyclic) bond motifs is 1. The van der Waals surface area contributed by atoms with Crippen LogP contribution in [0.3, 0.4) is 0 Å². The maximum Gasteiger partial charge on any atom is 0.310 e. The van der Waals surface area contributed by atoms with Gasteiger partial charge in [-0.05, 0) is 39.2 Å². The predicted molar refractivity (Wildman–Crippen MR) is 144 cm³/mol. The van der Waals surface area contributed by atoms with E-state index in [2.05, 4.69) is 15.5 Å². The molecule has 7 rings (SSSR count). The van der Waals surface area contributed by atoms with Gasteiger partial charge in [0.2, 0.25) is 5.91 Å². The second-order valence-electron chi connectivity index (χ2n) is 10.4. The summed E-state index contributed by atoms with van der Waals surface area (Å²) in [6, 6.07) is 25.9. The number of tetrazole rings is 1. The fourth-order valence-corrected chi connectivity index (χ4v) is 6.58. The Morgan fingerprint density at radius 3 is 2.20 bits per heavy atom. The number of carboxylic acids is 1. The number of carboxylic acid groups (broad SMARTS) is 1. The second-order valence-corrected chi connectivity index (χ2v) is 10.8. The summed E-state index contributed by atoms with van der Waals surface area (Å²) in [6.45, 7) is 0.175. The molecule has 9 nitrogen and oxygen atoms in total. The fourth-order valence-electron chi connectivity index (χ4n) is 6.45. The molecule has 0 aliphatic carbocycles. The highest BCUT2D eigenvalue weighted by Gasteiger charge is 2.68. The van der Waals surface area contributed by atoms with E-state index in [0.29, 0.717) is 10.8 Å². The number of halogens is 1. The molecule has 2 fully saturated rings. The molecule has 4 heterocycles. The summed E-state index contributed by atoms with van der Waals surface area (Å²) in [5.41, 5.74) is 1.68. The van der Waals surface area contributed by atoms with Crippen molar-refractivity contribution in [1.29, 1.82) is 0 Å². The quantitative estimate of drug-likeness (QED) is 0.345. The highest BCUT2D eigenvalue weighted by Crippen LogP contribution is 2.54. The molecule has 3 aliphatic rings. The normalized spacial score (nSPS) is 25.5. The molecule has 3 aromatic carbocycles. The molecule has 1 aromatic heterocycles. The molecule has 0 saturated carbocycles. The standard InChI is InChI=1S/C30H24ClN5O4/c31-21-13-11-20(12-14-21)26(35-17-30-16-15-22(40-30)23(29(38)39)24(30)28(35)37)27-32-33-34-36(27)25(18-7-3-1-4-8-18)19-9-5-2-6-10-19/h1-16,22-26H,17H2,(H,38,39)/t22-,23-,24-,26-,30+/m1/s1. The maximum absolute atomic E-state index is 14.1.